The average Bonchev–Trinajstić information content (AvgIpc) is 2.30. The standard InChI is InChI=1S/C7H11ClN2OS/c1-7(2,3)12-4-5-9-6(8)11-10-5/h4H2,1-3H3. The van der Waals surface area contributed by atoms with E-state index < -0.39 is 0 Å². The summed E-state index contributed by atoms with van der Waals surface area (Å²) >= 11 is 7.22. The van der Waals surface area contributed by atoms with E-state index in [4.69, 9.17) is 11.6 Å². The van der Waals surface area contributed by atoms with Crippen molar-refractivity contribution >= 4 is 23.4 Å². The first-order valence-corrected chi connectivity index (χ1v) is 4.96. The summed E-state index contributed by atoms with van der Waals surface area (Å²) in [6, 6.07) is 0. The highest BCUT2D eigenvalue weighted by Crippen LogP contribution is 2.26. The molecule has 1 aromatic rings. The maximum absolute atomic E-state index is 5.46. The van der Waals surface area contributed by atoms with Gasteiger partial charge in [0.25, 0.3) is 0 Å². The second kappa shape index (κ2) is 3.66. The van der Waals surface area contributed by atoms with Crippen molar-refractivity contribution in [1.82, 2.24) is 10.1 Å². The lowest BCUT2D eigenvalue weighted by Crippen LogP contribution is -2.07. The molecule has 0 aromatic carbocycles. The minimum Gasteiger partial charge on any atom is -0.321 e. The quantitative estimate of drug-likeness (QED) is 0.746. The van der Waals surface area contributed by atoms with Crippen LogP contribution in [0.4, 0.5) is 0 Å². The van der Waals surface area contributed by atoms with Crippen molar-refractivity contribution in [3.63, 3.8) is 0 Å². The summed E-state index contributed by atoms with van der Waals surface area (Å²) in [5, 5.41) is 3.79. The Kier molecular flexibility index (Phi) is 3.01. The van der Waals surface area contributed by atoms with Crippen molar-refractivity contribution in [2.24, 2.45) is 0 Å². The largest absolute Gasteiger partial charge is 0.321 e. The highest BCUT2D eigenvalue weighted by molar-refractivity contribution is 7.99. The zero-order chi connectivity index (χ0) is 9.19. The van der Waals surface area contributed by atoms with Crippen LogP contribution in [0.2, 0.25) is 5.35 Å². The SMILES string of the molecule is CC(C)(C)SCc1noc(Cl)n1. The maximum Gasteiger partial charge on any atom is 0.320 e. The fraction of sp³-hybridized carbons (Fsp3) is 0.714. The van der Waals surface area contributed by atoms with Crippen molar-refractivity contribution in [2.45, 2.75) is 31.3 Å². The Morgan fingerprint density at radius 2 is 2.17 bits per heavy atom. The zero-order valence-electron chi connectivity index (χ0n) is 7.30. The number of nitrogens with zero attached hydrogens (tertiary/aromatic N) is 2. The van der Waals surface area contributed by atoms with Crippen molar-refractivity contribution < 1.29 is 4.52 Å². The predicted molar refractivity (Wildman–Crippen MR) is 50.4 cm³/mol. The second-order valence-corrected chi connectivity index (χ2v) is 5.49. The van der Waals surface area contributed by atoms with Gasteiger partial charge in [0, 0.05) is 4.75 Å². The molecule has 1 heterocycles. The first-order chi connectivity index (χ1) is 5.47. The number of rotatable bonds is 2. The predicted octanol–water partition coefficient (Wildman–Crippen LogP) is 2.75. The van der Waals surface area contributed by atoms with Crippen LogP contribution in [0.15, 0.2) is 4.52 Å². The van der Waals surface area contributed by atoms with Crippen LogP contribution in [-0.4, -0.2) is 14.9 Å². The molecule has 0 amide bonds. The number of aromatic nitrogens is 2. The van der Waals surface area contributed by atoms with Crippen LogP contribution >= 0.6 is 23.4 Å². The normalized spacial score (nSPS) is 12.0. The van der Waals surface area contributed by atoms with E-state index in [9.17, 15) is 0 Å². The fourth-order valence-corrected chi connectivity index (χ4v) is 1.38. The summed E-state index contributed by atoms with van der Waals surface area (Å²) in [7, 11) is 0. The van der Waals surface area contributed by atoms with Crippen molar-refractivity contribution in [3.05, 3.63) is 11.2 Å². The minimum absolute atomic E-state index is 0.111. The van der Waals surface area contributed by atoms with E-state index in [1.165, 1.54) is 0 Å². The topological polar surface area (TPSA) is 38.9 Å². The average molecular weight is 207 g/mol. The Hall–Kier alpha value is -0.220. The first kappa shape index (κ1) is 9.86. The van der Waals surface area contributed by atoms with E-state index >= 15 is 0 Å². The molecule has 0 fully saturated rings. The third kappa shape index (κ3) is 3.45. The molecule has 12 heavy (non-hydrogen) atoms. The molecule has 1 aromatic heterocycles. The van der Waals surface area contributed by atoms with Crippen LogP contribution in [-0.2, 0) is 5.75 Å². The Labute approximate surface area is 80.9 Å². The third-order valence-electron chi connectivity index (χ3n) is 1.08. The maximum atomic E-state index is 5.46. The van der Waals surface area contributed by atoms with Gasteiger partial charge >= 0.3 is 5.35 Å². The van der Waals surface area contributed by atoms with Crippen LogP contribution in [0.5, 0.6) is 0 Å². The second-order valence-electron chi connectivity index (χ2n) is 3.36. The Morgan fingerprint density at radius 1 is 1.50 bits per heavy atom. The van der Waals surface area contributed by atoms with E-state index in [-0.39, 0.29) is 10.1 Å². The summed E-state index contributed by atoms with van der Waals surface area (Å²) in [6.07, 6.45) is 0. The number of hydrogen-bond donors (Lipinski definition) is 0. The van der Waals surface area contributed by atoms with Crippen LogP contribution in [0.3, 0.4) is 0 Å². The first-order valence-electron chi connectivity index (χ1n) is 3.59. The van der Waals surface area contributed by atoms with Gasteiger partial charge in [-0.15, -0.1) is 11.8 Å². The molecule has 0 unspecified atom stereocenters. The van der Waals surface area contributed by atoms with E-state index in [1.54, 1.807) is 11.8 Å². The molecule has 0 aliphatic rings. The van der Waals surface area contributed by atoms with Gasteiger partial charge in [0.15, 0.2) is 5.82 Å². The molecule has 0 saturated carbocycles. The highest BCUT2D eigenvalue weighted by atomic mass is 35.5. The smallest absolute Gasteiger partial charge is 0.320 e. The third-order valence-corrected chi connectivity index (χ3v) is 2.50. The van der Waals surface area contributed by atoms with Gasteiger partial charge in [-0.05, 0) is 11.6 Å². The number of hydrogen-bond acceptors (Lipinski definition) is 4. The number of thioether (sulfide) groups is 1. The molecule has 0 saturated heterocycles. The van der Waals surface area contributed by atoms with Crippen LogP contribution in [0, 0.1) is 0 Å². The van der Waals surface area contributed by atoms with E-state index in [0.717, 1.165) is 5.75 Å². The summed E-state index contributed by atoms with van der Waals surface area (Å²) in [6.45, 7) is 6.41. The zero-order valence-corrected chi connectivity index (χ0v) is 8.87. The summed E-state index contributed by atoms with van der Waals surface area (Å²) in [5.74, 6) is 1.39. The van der Waals surface area contributed by atoms with E-state index in [1.807, 2.05) is 0 Å². The highest BCUT2D eigenvalue weighted by Gasteiger charge is 2.12. The van der Waals surface area contributed by atoms with Gasteiger partial charge in [-0.1, -0.05) is 25.9 Å². The summed E-state index contributed by atoms with van der Waals surface area (Å²) in [4.78, 5) is 3.88. The Morgan fingerprint density at radius 3 is 2.58 bits per heavy atom. The van der Waals surface area contributed by atoms with Gasteiger partial charge < -0.3 is 4.52 Å². The summed E-state index contributed by atoms with van der Waals surface area (Å²) < 4.78 is 4.84. The van der Waals surface area contributed by atoms with Gasteiger partial charge in [0.05, 0.1) is 5.75 Å². The van der Waals surface area contributed by atoms with Crippen LogP contribution < -0.4 is 0 Å². The Balaban J connectivity index is 2.44. The molecule has 0 atom stereocenters. The van der Waals surface area contributed by atoms with Crippen molar-refractivity contribution in [3.8, 4) is 0 Å². The molecular weight excluding hydrogens is 196 g/mol. The fourth-order valence-electron chi connectivity index (χ4n) is 0.572. The molecule has 0 spiro atoms. The molecule has 3 nitrogen and oxygen atoms in total. The van der Waals surface area contributed by atoms with E-state index in [2.05, 4.69) is 35.4 Å². The van der Waals surface area contributed by atoms with Gasteiger partial charge in [-0.25, -0.2) is 0 Å². The molecule has 68 valence electrons. The van der Waals surface area contributed by atoms with Crippen molar-refractivity contribution in [1.29, 1.82) is 0 Å². The monoisotopic (exact) mass is 206 g/mol. The molecule has 0 N–H and O–H groups in total. The number of halogens is 1. The minimum atomic E-state index is 0.111. The lowest BCUT2D eigenvalue weighted by molar-refractivity contribution is 0.414. The lowest BCUT2D eigenvalue weighted by atomic mass is 10.3. The molecule has 0 aliphatic heterocycles. The molecule has 0 radical (unpaired) electrons. The molecule has 0 aliphatic carbocycles. The van der Waals surface area contributed by atoms with Gasteiger partial charge in [-0.2, -0.15) is 4.98 Å². The molecule has 5 heteroatoms. The van der Waals surface area contributed by atoms with Crippen molar-refractivity contribution in [2.75, 3.05) is 0 Å². The Bertz CT molecular complexity index is 256. The van der Waals surface area contributed by atoms with Gasteiger partial charge in [0.1, 0.15) is 0 Å². The van der Waals surface area contributed by atoms with Crippen LogP contribution in [0.25, 0.3) is 0 Å². The van der Waals surface area contributed by atoms with Gasteiger partial charge in [0.2, 0.25) is 0 Å². The van der Waals surface area contributed by atoms with Gasteiger partial charge in [-0.3, -0.25) is 0 Å². The molecule has 1 rings (SSSR count). The molecular formula is C7H11ClN2OS. The van der Waals surface area contributed by atoms with E-state index in [0.29, 0.717) is 5.82 Å². The lowest BCUT2D eigenvalue weighted by Gasteiger charge is -2.15. The molecule has 0 bridgehead atoms. The summed E-state index contributed by atoms with van der Waals surface area (Å²) in [5.41, 5.74) is 0. The van der Waals surface area contributed by atoms with Crippen LogP contribution in [0.1, 0.15) is 26.6 Å².